The van der Waals surface area contributed by atoms with Crippen molar-refractivity contribution in [3.8, 4) is 0 Å². The Morgan fingerprint density at radius 1 is 1.24 bits per heavy atom. The summed E-state index contributed by atoms with van der Waals surface area (Å²) < 4.78 is 12.8. The van der Waals surface area contributed by atoms with E-state index in [2.05, 4.69) is 27.5 Å². The van der Waals surface area contributed by atoms with E-state index in [-0.39, 0.29) is 11.7 Å². The number of halogens is 1. The number of nitrogens with zero attached hydrogens (tertiary/aromatic N) is 2. The summed E-state index contributed by atoms with van der Waals surface area (Å²) in [6.45, 7) is 2.68. The number of aromatic nitrogens is 2. The van der Waals surface area contributed by atoms with Gasteiger partial charge in [0, 0.05) is 18.4 Å². The third-order valence-electron chi connectivity index (χ3n) is 2.80. The lowest BCUT2D eigenvalue weighted by atomic mass is 10.3. The fourth-order valence-corrected chi connectivity index (χ4v) is 1.68. The van der Waals surface area contributed by atoms with E-state index in [1.54, 1.807) is 18.2 Å². The SMILES string of the molecule is CCCCNC(=O)c1ccnc(Nc2ccc(F)cc2)n1. The van der Waals surface area contributed by atoms with Crippen LogP contribution in [0.15, 0.2) is 36.5 Å². The summed E-state index contributed by atoms with van der Waals surface area (Å²) in [4.78, 5) is 20.1. The summed E-state index contributed by atoms with van der Waals surface area (Å²) in [6, 6.07) is 7.38. The van der Waals surface area contributed by atoms with E-state index < -0.39 is 0 Å². The van der Waals surface area contributed by atoms with Crippen molar-refractivity contribution < 1.29 is 9.18 Å². The van der Waals surface area contributed by atoms with Crippen molar-refractivity contribution in [2.45, 2.75) is 19.8 Å². The third kappa shape index (κ3) is 4.52. The Morgan fingerprint density at radius 3 is 2.71 bits per heavy atom. The Kier molecular flexibility index (Phi) is 5.20. The van der Waals surface area contributed by atoms with Crippen LogP contribution in [0.1, 0.15) is 30.3 Å². The zero-order valence-corrected chi connectivity index (χ0v) is 11.8. The molecule has 2 N–H and O–H groups in total. The summed E-state index contributed by atoms with van der Waals surface area (Å²) >= 11 is 0. The second kappa shape index (κ2) is 7.33. The first-order chi connectivity index (χ1) is 10.2. The zero-order chi connectivity index (χ0) is 15.1. The lowest BCUT2D eigenvalue weighted by molar-refractivity contribution is 0.0948. The van der Waals surface area contributed by atoms with Crippen LogP contribution in [0.25, 0.3) is 0 Å². The molecular weight excluding hydrogens is 271 g/mol. The number of amides is 1. The number of anilines is 2. The molecule has 1 amide bonds. The average molecular weight is 288 g/mol. The molecule has 0 fully saturated rings. The van der Waals surface area contributed by atoms with E-state index >= 15 is 0 Å². The van der Waals surface area contributed by atoms with Gasteiger partial charge in [0.1, 0.15) is 11.5 Å². The standard InChI is InChI=1S/C15H17FN4O/c1-2-3-9-17-14(21)13-8-10-18-15(20-13)19-12-6-4-11(16)5-7-12/h4-8,10H,2-3,9H2,1H3,(H,17,21)(H,18,19,20). The second-order valence-electron chi connectivity index (χ2n) is 4.51. The van der Waals surface area contributed by atoms with Crippen LogP contribution < -0.4 is 10.6 Å². The Hall–Kier alpha value is -2.50. The van der Waals surface area contributed by atoms with Crippen LogP contribution in [0.3, 0.4) is 0 Å². The molecule has 0 aliphatic heterocycles. The molecule has 0 unspecified atom stereocenters. The van der Waals surface area contributed by atoms with Crippen LogP contribution in [0.5, 0.6) is 0 Å². The van der Waals surface area contributed by atoms with Crippen molar-refractivity contribution >= 4 is 17.5 Å². The van der Waals surface area contributed by atoms with Crippen LogP contribution in [0.2, 0.25) is 0 Å². The minimum atomic E-state index is -0.314. The van der Waals surface area contributed by atoms with Crippen LogP contribution in [-0.2, 0) is 0 Å². The van der Waals surface area contributed by atoms with Gasteiger partial charge in [0.25, 0.3) is 5.91 Å². The van der Waals surface area contributed by atoms with E-state index in [1.807, 2.05) is 0 Å². The molecule has 0 bridgehead atoms. The average Bonchev–Trinajstić information content (AvgIpc) is 2.50. The Bertz CT molecular complexity index is 601. The summed E-state index contributed by atoms with van der Waals surface area (Å²) in [5, 5.41) is 5.72. The predicted molar refractivity (Wildman–Crippen MR) is 79.0 cm³/mol. The number of nitrogens with one attached hydrogen (secondary N) is 2. The Labute approximate surface area is 122 Å². The van der Waals surface area contributed by atoms with Crippen LogP contribution >= 0.6 is 0 Å². The molecule has 0 spiro atoms. The summed E-state index contributed by atoms with van der Waals surface area (Å²) in [5.41, 5.74) is 0.950. The summed E-state index contributed by atoms with van der Waals surface area (Å²) in [7, 11) is 0. The molecule has 2 aromatic rings. The molecule has 1 aromatic carbocycles. The molecule has 0 aliphatic rings. The van der Waals surface area contributed by atoms with E-state index in [4.69, 9.17) is 0 Å². The highest BCUT2D eigenvalue weighted by atomic mass is 19.1. The number of hydrogen-bond donors (Lipinski definition) is 2. The molecule has 5 nitrogen and oxygen atoms in total. The van der Waals surface area contributed by atoms with Gasteiger partial charge in [-0.3, -0.25) is 4.79 Å². The van der Waals surface area contributed by atoms with Gasteiger partial charge in [-0.2, -0.15) is 0 Å². The molecule has 1 aromatic heterocycles. The molecule has 0 atom stereocenters. The van der Waals surface area contributed by atoms with Gasteiger partial charge < -0.3 is 10.6 Å². The number of benzene rings is 1. The maximum Gasteiger partial charge on any atom is 0.270 e. The normalized spacial score (nSPS) is 10.2. The fourth-order valence-electron chi connectivity index (χ4n) is 1.68. The van der Waals surface area contributed by atoms with E-state index in [9.17, 15) is 9.18 Å². The minimum absolute atomic E-state index is 0.229. The number of hydrogen-bond acceptors (Lipinski definition) is 4. The molecular formula is C15H17FN4O. The second-order valence-corrected chi connectivity index (χ2v) is 4.51. The topological polar surface area (TPSA) is 66.9 Å². The lowest BCUT2D eigenvalue weighted by Gasteiger charge is -2.07. The van der Waals surface area contributed by atoms with Crippen molar-refractivity contribution in [1.82, 2.24) is 15.3 Å². The van der Waals surface area contributed by atoms with Crippen LogP contribution in [0.4, 0.5) is 16.0 Å². The Morgan fingerprint density at radius 2 is 2.00 bits per heavy atom. The van der Waals surface area contributed by atoms with Crippen molar-refractivity contribution in [1.29, 1.82) is 0 Å². The van der Waals surface area contributed by atoms with Gasteiger partial charge in [0.2, 0.25) is 5.95 Å². The van der Waals surface area contributed by atoms with E-state index in [1.165, 1.54) is 18.3 Å². The van der Waals surface area contributed by atoms with Crippen LogP contribution in [-0.4, -0.2) is 22.4 Å². The summed E-state index contributed by atoms with van der Waals surface area (Å²) in [5.74, 6) is -0.247. The quantitative estimate of drug-likeness (QED) is 0.802. The van der Waals surface area contributed by atoms with Gasteiger partial charge in [0.05, 0.1) is 0 Å². The van der Waals surface area contributed by atoms with Gasteiger partial charge in [0.15, 0.2) is 0 Å². The molecule has 110 valence electrons. The zero-order valence-electron chi connectivity index (χ0n) is 11.8. The van der Waals surface area contributed by atoms with Gasteiger partial charge in [-0.25, -0.2) is 14.4 Å². The van der Waals surface area contributed by atoms with E-state index in [0.29, 0.717) is 23.9 Å². The molecule has 21 heavy (non-hydrogen) atoms. The van der Waals surface area contributed by atoms with Gasteiger partial charge in [-0.05, 0) is 36.8 Å². The highest BCUT2D eigenvalue weighted by molar-refractivity contribution is 5.92. The van der Waals surface area contributed by atoms with Gasteiger partial charge >= 0.3 is 0 Å². The molecule has 0 saturated carbocycles. The highest BCUT2D eigenvalue weighted by Crippen LogP contribution is 2.13. The molecule has 0 aliphatic carbocycles. The van der Waals surface area contributed by atoms with Gasteiger partial charge in [-0.1, -0.05) is 13.3 Å². The van der Waals surface area contributed by atoms with Crippen molar-refractivity contribution in [2.75, 3.05) is 11.9 Å². The predicted octanol–water partition coefficient (Wildman–Crippen LogP) is 2.89. The minimum Gasteiger partial charge on any atom is -0.351 e. The van der Waals surface area contributed by atoms with Crippen molar-refractivity contribution in [2.24, 2.45) is 0 Å². The smallest absolute Gasteiger partial charge is 0.270 e. The molecule has 0 saturated heterocycles. The number of carbonyl (C=O) groups excluding carboxylic acids is 1. The number of carbonyl (C=O) groups is 1. The number of rotatable bonds is 6. The molecule has 0 radical (unpaired) electrons. The van der Waals surface area contributed by atoms with Crippen molar-refractivity contribution in [3.63, 3.8) is 0 Å². The molecule has 6 heteroatoms. The maximum atomic E-state index is 12.8. The first kappa shape index (κ1) is 14.9. The molecule has 2 rings (SSSR count). The Balaban J connectivity index is 2.03. The summed E-state index contributed by atoms with van der Waals surface area (Å²) in [6.07, 6.45) is 3.45. The maximum absolute atomic E-state index is 12.8. The van der Waals surface area contributed by atoms with Crippen molar-refractivity contribution in [3.05, 3.63) is 48.0 Å². The van der Waals surface area contributed by atoms with E-state index in [0.717, 1.165) is 12.8 Å². The highest BCUT2D eigenvalue weighted by Gasteiger charge is 2.08. The largest absolute Gasteiger partial charge is 0.351 e. The fraction of sp³-hybridized carbons (Fsp3) is 0.267. The third-order valence-corrected chi connectivity index (χ3v) is 2.80. The lowest BCUT2D eigenvalue weighted by Crippen LogP contribution is -2.25. The van der Waals surface area contributed by atoms with Crippen LogP contribution in [0, 0.1) is 5.82 Å². The molecule has 1 heterocycles. The monoisotopic (exact) mass is 288 g/mol. The first-order valence-electron chi connectivity index (χ1n) is 6.83. The number of unbranched alkanes of at least 4 members (excludes halogenated alkanes) is 1. The van der Waals surface area contributed by atoms with Gasteiger partial charge in [-0.15, -0.1) is 0 Å². The first-order valence-corrected chi connectivity index (χ1v) is 6.83.